The molecule has 1 N–H and O–H groups in total. The molecule has 2 nitrogen and oxygen atoms in total. The van der Waals surface area contributed by atoms with Gasteiger partial charge in [0.1, 0.15) is 5.84 Å². The van der Waals surface area contributed by atoms with Gasteiger partial charge >= 0.3 is 0 Å². The molecule has 1 aliphatic rings. The number of nitrogens with zero attached hydrogens (tertiary/aromatic N) is 1. The van der Waals surface area contributed by atoms with Crippen LogP contribution in [0.25, 0.3) is 0 Å². The summed E-state index contributed by atoms with van der Waals surface area (Å²) >= 11 is 0. The maximum absolute atomic E-state index is 8.19. The van der Waals surface area contributed by atoms with Gasteiger partial charge in [-0.15, -0.1) is 0 Å². The zero-order valence-electron chi connectivity index (χ0n) is 9.29. The average Bonchev–Trinajstić information content (AvgIpc) is 2.30. The van der Waals surface area contributed by atoms with Crippen molar-refractivity contribution in [1.29, 1.82) is 5.41 Å². The molecule has 0 spiro atoms. The molecule has 1 aromatic carbocycles. The molecule has 0 amide bonds. The summed E-state index contributed by atoms with van der Waals surface area (Å²) in [6, 6.07) is 8.17. The van der Waals surface area contributed by atoms with Crippen LogP contribution in [-0.4, -0.2) is 23.8 Å². The fourth-order valence-electron chi connectivity index (χ4n) is 2.13. The maximum Gasteiger partial charge on any atom is 0.128 e. The molecule has 0 radical (unpaired) electrons. The zero-order valence-corrected chi connectivity index (χ0v) is 9.29. The summed E-state index contributed by atoms with van der Waals surface area (Å²) in [4.78, 5) is 2.20. The van der Waals surface area contributed by atoms with E-state index < -0.39 is 0 Å². The van der Waals surface area contributed by atoms with E-state index in [9.17, 15) is 0 Å². The molecule has 1 aromatic rings. The van der Waals surface area contributed by atoms with Gasteiger partial charge in [0.15, 0.2) is 0 Å². The second-order valence-corrected chi connectivity index (χ2v) is 4.21. The van der Waals surface area contributed by atoms with Gasteiger partial charge in [0, 0.05) is 18.7 Å². The van der Waals surface area contributed by atoms with Crippen LogP contribution in [0.15, 0.2) is 24.3 Å². The number of rotatable bonds is 1. The van der Waals surface area contributed by atoms with E-state index in [-0.39, 0.29) is 0 Å². The quantitative estimate of drug-likeness (QED) is 0.550. The number of piperidine rings is 1. The first kappa shape index (κ1) is 10.2. The molecular weight excluding hydrogens is 184 g/mol. The Morgan fingerprint density at radius 1 is 1.13 bits per heavy atom. The lowest BCUT2D eigenvalue weighted by Crippen LogP contribution is -2.35. The highest BCUT2D eigenvalue weighted by molar-refractivity contribution is 5.97. The molecule has 1 saturated heterocycles. The van der Waals surface area contributed by atoms with E-state index in [4.69, 9.17) is 5.41 Å². The van der Waals surface area contributed by atoms with E-state index >= 15 is 0 Å². The van der Waals surface area contributed by atoms with Gasteiger partial charge in [-0.05, 0) is 31.7 Å². The fraction of sp³-hybridized carbons (Fsp3) is 0.462. The van der Waals surface area contributed by atoms with Crippen molar-refractivity contribution in [2.45, 2.75) is 26.2 Å². The van der Waals surface area contributed by atoms with Crippen molar-refractivity contribution in [1.82, 2.24) is 4.90 Å². The van der Waals surface area contributed by atoms with E-state index in [1.165, 1.54) is 24.8 Å². The van der Waals surface area contributed by atoms with Crippen molar-refractivity contribution < 1.29 is 0 Å². The molecule has 2 rings (SSSR count). The minimum absolute atomic E-state index is 0.702. The molecule has 1 fully saturated rings. The predicted octanol–water partition coefficient (Wildman–Crippen LogP) is 2.81. The molecule has 15 heavy (non-hydrogen) atoms. The summed E-state index contributed by atoms with van der Waals surface area (Å²) in [6.45, 7) is 4.17. The van der Waals surface area contributed by atoms with Crippen LogP contribution in [0.1, 0.15) is 30.4 Å². The Morgan fingerprint density at radius 2 is 1.80 bits per heavy atom. The molecule has 1 heterocycles. The third kappa shape index (κ3) is 2.20. The molecule has 1 aliphatic heterocycles. The van der Waals surface area contributed by atoms with Crippen LogP contribution in [0.3, 0.4) is 0 Å². The molecule has 0 aliphatic carbocycles. The van der Waals surface area contributed by atoms with Gasteiger partial charge in [0.2, 0.25) is 0 Å². The number of likely N-dealkylation sites (tertiary alicyclic amines) is 1. The van der Waals surface area contributed by atoms with E-state index in [1.807, 2.05) is 18.2 Å². The largest absolute Gasteiger partial charge is 0.357 e. The van der Waals surface area contributed by atoms with Gasteiger partial charge in [-0.2, -0.15) is 0 Å². The first-order chi connectivity index (χ1) is 7.29. The Labute approximate surface area is 91.4 Å². The normalized spacial score (nSPS) is 16.5. The molecule has 2 heteroatoms. The zero-order chi connectivity index (χ0) is 10.7. The number of nitrogens with one attached hydrogen (secondary N) is 1. The average molecular weight is 202 g/mol. The van der Waals surface area contributed by atoms with Gasteiger partial charge in [0.05, 0.1) is 0 Å². The SMILES string of the molecule is Cc1ccccc1C(=N)N1CCCCC1. The lowest BCUT2D eigenvalue weighted by Gasteiger charge is -2.29. The Hall–Kier alpha value is -1.31. The lowest BCUT2D eigenvalue weighted by molar-refractivity contribution is 0.341. The Bertz CT molecular complexity index is 351. The minimum Gasteiger partial charge on any atom is -0.357 e. The molecule has 0 atom stereocenters. The van der Waals surface area contributed by atoms with Crippen LogP contribution in [0.4, 0.5) is 0 Å². The maximum atomic E-state index is 8.19. The molecule has 0 aromatic heterocycles. The molecule has 80 valence electrons. The Balaban J connectivity index is 2.16. The molecule has 0 unspecified atom stereocenters. The highest BCUT2D eigenvalue weighted by Gasteiger charge is 2.15. The monoisotopic (exact) mass is 202 g/mol. The number of aryl methyl sites for hydroxylation is 1. The van der Waals surface area contributed by atoms with Crippen LogP contribution >= 0.6 is 0 Å². The van der Waals surface area contributed by atoms with Gasteiger partial charge in [-0.25, -0.2) is 0 Å². The van der Waals surface area contributed by atoms with Crippen molar-refractivity contribution in [2.75, 3.05) is 13.1 Å². The van der Waals surface area contributed by atoms with Crippen molar-refractivity contribution in [2.24, 2.45) is 0 Å². The van der Waals surface area contributed by atoms with Gasteiger partial charge in [0.25, 0.3) is 0 Å². The third-order valence-electron chi connectivity index (χ3n) is 3.07. The van der Waals surface area contributed by atoms with E-state index in [0.29, 0.717) is 5.84 Å². The summed E-state index contributed by atoms with van der Waals surface area (Å²) in [6.07, 6.45) is 3.78. The smallest absolute Gasteiger partial charge is 0.128 e. The Kier molecular flexibility index (Phi) is 3.05. The summed E-state index contributed by atoms with van der Waals surface area (Å²) < 4.78 is 0. The van der Waals surface area contributed by atoms with E-state index in [2.05, 4.69) is 17.9 Å². The topological polar surface area (TPSA) is 27.1 Å². The van der Waals surface area contributed by atoms with Crippen LogP contribution in [0, 0.1) is 12.3 Å². The summed E-state index contributed by atoms with van der Waals surface area (Å²) in [7, 11) is 0. The van der Waals surface area contributed by atoms with Crippen LogP contribution in [-0.2, 0) is 0 Å². The van der Waals surface area contributed by atoms with Crippen LogP contribution in [0.2, 0.25) is 0 Å². The number of benzene rings is 1. The minimum atomic E-state index is 0.702. The second-order valence-electron chi connectivity index (χ2n) is 4.21. The number of hydrogen-bond donors (Lipinski definition) is 1. The van der Waals surface area contributed by atoms with Crippen molar-refractivity contribution in [3.63, 3.8) is 0 Å². The third-order valence-corrected chi connectivity index (χ3v) is 3.07. The summed E-state index contributed by atoms with van der Waals surface area (Å²) in [5.41, 5.74) is 2.28. The highest BCUT2D eigenvalue weighted by Crippen LogP contribution is 2.15. The van der Waals surface area contributed by atoms with Crippen molar-refractivity contribution >= 4 is 5.84 Å². The molecule has 0 saturated carbocycles. The van der Waals surface area contributed by atoms with Gasteiger partial charge in [-0.3, -0.25) is 5.41 Å². The first-order valence-electron chi connectivity index (χ1n) is 5.68. The van der Waals surface area contributed by atoms with Gasteiger partial charge in [-0.1, -0.05) is 24.3 Å². The summed E-state index contributed by atoms with van der Waals surface area (Å²) in [5, 5.41) is 8.19. The second kappa shape index (κ2) is 4.47. The van der Waals surface area contributed by atoms with Crippen LogP contribution < -0.4 is 0 Å². The standard InChI is InChI=1S/C13H18N2/c1-11-7-3-4-8-12(11)13(14)15-9-5-2-6-10-15/h3-4,7-8,14H,2,5-6,9-10H2,1H3. The van der Waals surface area contributed by atoms with Crippen LogP contribution in [0.5, 0.6) is 0 Å². The summed E-state index contributed by atoms with van der Waals surface area (Å²) in [5.74, 6) is 0.702. The first-order valence-corrected chi connectivity index (χ1v) is 5.68. The lowest BCUT2D eigenvalue weighted by atomic mass is 10.1. The highest BCUT2D eigenvalue weighted by atomic mass is 15.2. The van der Waals surface area contributed by atoms with Crippen molar-refractivity contribution in [3.8, 4) is 0 Å². The predicted molar refractivity (Wildman–Crippen MR) is 63.4 cm³/mol. The van der Waals surface area contributed by atoms with E-state index in [1.54, 1.807) is 0 Å². The van der Waals surface area contributed by atoms with E-state index in [0.717, 1.165) is 18.7 Å². The Morgan fingerprint density at radius 3 is 2.47 bits per heavy atom. The number of hydrogen-bond acceptors (Lipinski definition) is 1. The van der Waals surface area contributed by atoms with Gasteiger partial charge < -0.3 is 4.90 Å². The molecule has 0 bridgehead atoms. The molecular formula is C13H18N2. The number of amidine groups is 1. The van der Waals surface area contributed by atoms with Crippen molar-refractivity contribution in [3.05, 3.63) is 35.4 Å². The fourth-order valence-corrected chi connectivity index (χ4v) is 2.13.